The fourth-order valence-electron chi connectivity index (χ4n) is 0.375. The third-order valence-corrected chi connectivity index (χ3v) is 0.659. The first kappa shape index (κ1) is 6.84. The molecule has 4 heteroatoms. The van der Waals surface area contributed by atoms with Crippen molar-refractivity contribution in [2.45, 2.75) is 0 Å². The number of nitrogens with one attached hydrogen (secondary N) is 2. The van der Waals surface area contributed by atoms with E-state index >= 15 is 0 Å². The summed E-state index contributed by atoms with van der Waals surface area (Å²) in [5.74, 6) is -0.0324. The lowest BCUT2D eigenvalue weighted by Crippen LogP contribution is -2.19. The third-order valence-electron chi connectivity index (χ3n) is 0.659. The molecule has 0 saturated heterocycles. The lowest BCUT2D eigenvalue weighted by Gasteiger charge is -1.84. The Hall–Kier alpha value is -1.16. The molecule has 1 aliphatic rings. The van der Waals surface area contributed by atoms with Crippen molar-refractivity contribution in [3.8, 4) is 0 Å². The van der Waals surface area contributed by atoms with Crippen LogP contribution in [-0.4, -0.2) is 11.7 Å². The van der Waals surface area contributed by atoms with Crippen LogP contribution < -0.4 is 11.5 Å². The second kappa shape index (κ2) is 2.23. The Morgan fingerprint density at radius 1 is 1.50 bits per heavy atom. The topological polar surface area (TPSA) is 88.0 Å². The quantitative estimate of drug-likeness (QED) is 0.406. The molecule has 0 aromatic rings. The Morgan fingerprint density at radius 2 is 2.12 bits per heavy atom. The number of hydrogen-bond donors (Lipinski definition) is 3. The Balaban J connectivity index is 0.000000490. The van der Waals surface area contributed by atoms with Crippen LogP contribution in [0.25, 0.3) is 0 Å². The van der Waals surface area contributed by atoms with Gasteiger partial charge in [-0.15, -0.1) is 0 Å². The fourth-order valence-corrected chi connectivity index (χ4v) is 0.375. The summed E-state index contributed by atoms with van der Waals surface area (Å²) in [4.78, 5) is 10.1. The second-order valence-corrected chi connectivity index (χ2v) is 1.24. The van der Waals surface area contributed by atoms with E-state index < -0.39 is 0 Å². The molecule has 0 saturated carbocycles. The zero-order valence-corrected chi connectivity index (χ0v) is 4.27. The SMILES string of the molecule is N.N=C1C=CC(=O)N1. The van der Waals surface area contributed by atoms with Crippen LogP contribution in [0, 0.1) is 5.41 Å². The maximum absolute atomic E-state index is 10.1. The summed E-state index contributed by atoms with van der Waals surface area (Å²) in [5, 5.41) is 9.01. The van der Waals surface area contributed by atoms with Gasteiger partial charge in [0, 0.05) is 6.08 Å². The first-order valence-corrected chi connectivity index (χ1v) is 1.86. The molecule has 44 valence electrons. The van der Waals surface area contributed by atoms with Crippen LogP contribution in [0.3, 0.4) is 0 Å². The van der Waals surface area contributed by atoms with Gasteiger partial charge >= 0.3 is 0 Å². The molecule has 1 heterocycles. The normalized spacial score (nSPS) is 15.5. The molecular formula is C4H7N3O. The first-order valence-electron chi connectivity index (χ1n) is 1.86. The van der Waals surface area contributed by atoms with E-state index in [1.165, 1.54) is 12.2 Å². The van der Waals surface area contributed by atoms with E-state index in [4.69, 9.17) is 5.41 Å². The van der Waals surface area contributed by atoms with Gasteiger partial charge in [0.25, 0.3) is 0 Å². The van der Waals surface area contributed by atoms with E-state index in [2.05, 4.69) is 5.32 Å². The molecule has 0 radical (unpaired) electrons. The molecule has 0 bridgehead atoms. The number of rotatable bonds is 0. The van der Waals surface area contributed by atoms with Crippen LogP contribution in [0.2, 0.25) is 0 Å². The average molecular weight is 113 g/mol. The van der Waals surface area contributed by atoms with Gasteiger partial charge < -0.3 is 11.5 Å². The van der Waals surface area contributed by atoms with E-state index in [1.807, 2.05) is 0 Å². The molecule has 5 N–H and O–H groups in total. The highest BCUT2D eigenvalue weighted by Gasteiger charge is 2.03. The van der Waals surface area contributed by atoms with Crippen LogP contribution >= 0.6 is 0 Å². The van der Waals surface area contributed by atoms with Gasteiger partial charge in [-0.05, 0) is 6.08 Å². The second-order valence-electron chi connectivity index (χ2n) is 1.24. The van der Waals surface area contributed by atoms with E-state index in [0.717, 1.165) is 0 Å². The van der Waals surface area contributed by atoms with Gasteiger partial charge in [0.2, 0.25) is 5.91 Å². The minimum atomic E-state index is -0.204. The van der Waals surface area contributed by atoms with E-state index in [1.54, 1.807) is 0 Å². The Kier molecular flexibility index (Phi) is 1.90. The third kappa shape index (κ3) is 1.16. The molecule has 1 aliphatic heterocycles. The van der Waals surface area contributed by atoms with Crippen LogP contribution in [0.4, 0.5) is 0 Å². The summed E-state index contributed by atoms with van der Waals surface area (Å²) in [6, 6.07) is 0. The molecule has 0 aromatic heterocycles. The zero-order chi connectivity index (χ0) is 5.28. The number of hydrogen-bond acceptors (Lipinski definition) is 3. The van der Waals surface area contributed by atoms with Crippen LogP contribution in [0.5, 0.6) is 0 Å². The summed E-state index contributed by atoms with van der Waals surface area (Å²) in [7, 11) is 0. The zero-order valence-electron chi connectivity index (χ0n) is 4.27. The maximum atomic E-state index is 10.1. The summed E-state index contributed by atoms with van der Waals surface area (Å²) >= 11 is 0. The maximum Gasteiger partial charge on any atom is 0.249 e. The first-order chi connectivity index (χ1) is 3.29. The Labute approximate surface area is 46.7 Å². The van der Waals surface area contributed by atoms with Gasteiger partial charge in [0.1, 0.15) is 5.84 Å². The summed E-state index contributed by atoms with van der Waals surface area (Å²) in [6.45, 7) is 0. The lowest BCUT2D eigenvalue weighted by molar-refractivity contribution is -0.114. The predicted octanol–water partition coefficient (Wildman–Crippen LogP) is -0.188. The molecule has 0 spiro atoms. The van der Waals surface area contributed by atoms with Crippen molar-refractivity contribution >= 4 is 11.7 Å². The molecule has 0 aromatic carbocycles. The Bertz CT molecular complexity index is 133. The smallest absolute Gasteiger partial charge is 0.249 e. The fraction of sp³-hybridized carbons (Fsp3) is 0. The molecule has 0 aliphatic carbocycles. The van der Waals surface area contributed by atoms with Crippen molar-refractivity contribution < 1.29 is 4.79 Å². The molecular weight excluding hydrogens is 106 g/mol. The monoisotopic (exact) mass is 113 g/mol. The summed E-state index contributed by atoms with van der Waals surface area (Å²) in [6.07, 6.45) is 2.74. The van der Waals surface area contributed by atoms with E-state index in [0.29, 0.717) is 0 Å². The molecule has 1 rings (SSSR count). The van der Waals surface area contributed by atoms with Crippen molar-refractivity contribution in [2.24, 2.45) is 0 Å². The van der Waals surface area contributed by atoms with Gasteiger partial charge in [0.05, 0.1) is 0 Å². The molecule has 1 amide bonds. The standard InChI is InChI=1S/C4H4N2O.H3N/c5-3-1-2-4(7)6-3;/h1-2H,(H2,5,6,7);1H3. The van der Waals surface area contributed by atoms with Crippen molar-refractivity contribution in [2.75, 3.05) is 0 Å². The van der Waals surface area contributed by atoms with Gasteiger partial charge in [-0.1, -0.05) is 0 Å². The van der Waals surface area contributed by atoms with Gasteiger partial charge in [0.15, 0.2) is 0 Å². The molecule has 8 heavy (non-hydrogen) atoms. The van der Waals surface area contributed by atoms with Crippen LogP contribution in [0.15, 0.2) is 12.2 Å². The van der Waals surface area contributed by atoms with Crippen molar-refractivity contribution in [1.29, 1.82) is 5.41 Å². The van der Waals surface area contributed by atoms with Crippen LogP contribution in [-0.2, 0) is 4.79 Å². The predicted molar refractivity (Wildman–Crippen MR) is 30.0 cm³/mol. The number of carbonyl (C=O) groups excluding carboxylic acids is 1. The van der Waals surface area contributed by atoms with E-state index in [9.17, 15) is 4.79 Å². The van der Waals surface area contributed by atoms with Gasteiger partial charge in [-0.25, -0.2) is 0 Å². The summed E-state index contributed by atoms with van der Waals surface area (Å²) in [5.41, 5.74) is 0. The van der Waals surface area contributed by atoms with Crippen molar-refractivity contribution in [1.82, 2.24) is 11.5 Å². The minimum Gasteiger partial charge on any atom is -0.344 e. The number of carbonyl (C=O) groups is 1. The lowest BCUT2D eigenvalue weighted by atomic mass is 10.6. The average Bonchev–Trinajstić information content (AvgIpc) is 1.87. The molecule has 0 fully saturated rings. The van der Waals surface area contributed by atoms with Crippen LogP contribution in [0.1, 0.15) is 0 Å². The van der Waals surface area contributed by atoms with Crippen molar-refractivity contribution in [3.05, 3.63) is 12.2 Å². The van der Waals surface area contributed by atoms with Gasteiger partial charge in [-0.2, -0.15) is 0 Å². The molecule has 0 atom stereocenters. The van der Waals surface area contributed by atoms with Crippen molar-refractivity contribution in [3.63, 3.8) is 0 Å². The number of amides is 1. The minimum absolute atomic E-state index is 0. The van der Waals surface area contributed by atoms with Gasteiger partial charge in [-0.3, -0.25) is 10.2 Å². The largest absolute Gasteiger partial charge is 0.344 e. The number of amidine groups is 1. The molecule has 4 nitrogen and oxygen atoms in total. The summed E-state index contributed by atoms with van der Waals surface area (Å²) < 4.78 is 0. The highest BCUT2D eigenvalue weighted by atomic mass is 16.1. The highest BCUT2D eigenvalue weighted by Crippen LogP contribution is 1.83. The highest BCUT2D eigenvalue weighted by molar-refractivity contribution is 6.14. The van der Waals surface area contributed by atoms with E-state index in [-0.39, 0.29) is 17.9 Å². The Morgan fingerprint density at radius 3 is 2.25 bits per heavy atom. The molecule has 0 unspecified atom stereocenters.